The van der Waals surface area contributed by atoms with Crippen LogP contribution < -0.4 is 5.73 Å². The van der Waals surface area contributed by atoms with Gasteiger partial charge in [0.1, 0.15) is 0 Å². The second kappa shape index (κ2) is 7.90. The Hall–Kier alpha value is -0.170. The highest BCUT2D eigenvalue weighted by Crippen LogP contribution is 2.29. The van der Waals surface area contributed by atoms with Crippen molar-refractivity contribution >= 4 is 10.2 Å². The van der Waals surface area contributed by atoms with E-state index in [1.165, 1.54) is 6.42 Å². The summed E-state index contributed by atoms with van der Waals surface area (Å²) in [6.45, 7) is 3.84. The van der Waals surface area contributed by atoms with Crippen molar-refractivity contribution < 1.29 is 8.42 Å². The monoisotopic (exact) mass is 317 g/mol. The van der Waals surface area contributed by atoms with Crippen LogP contribution in [0.15, 0.2) is 0 Å². The molecule has 0 amide bonds. The molecule has 2 N–H and O–H groups in total. The van der Waals surface area contributed by atoms with Gasteiger partial charge in [0, 0.05) is 25.2 Å². The van der Waals surface area contributed by atoms with E-state index in [0.717, 1.165) is 51.4 Å². The Morgan fingerprint density at radius 1 is 1.10 bits per heavy atom. The Kier molecular flexibility index (Phi) is 6.47. The minimum Gasteiger partial charge on any atom is -0.330 e. The molecule has 1 aliphatic heterocycles. The summed E-state index contributed by atoms with van der Waals surface area (Å²) in [5.41, 5.74) is 5.62. The van der Waals surface area contributed by atoms with Crippen LogP contribution in [0.5, 0.6) is 0 Å². The number of hydrogen-bond donors (Lipinski definition) is 1. The molecule has 2 rings (SSSR count). The van der Waals surface area contributed by atoms with Crippen LogP contribution >= 0.6 is 0 Å². The summed E-state index contributed by atoms with van der Waals surface area (Å²) in [5, 5.41) is 0. The van der Waals surface area contributed by atoms with Gasteiger partial charge in [-0.15, -0.1) is 0 Å². The maximum atomic E-state index is 13.1. The first-order valence-electron chi connectivity index (χ1n) is 8.56. The molecule has 0 bridgehead atoms. The first-order valence-corrected chi connectivity index (χ1v) is 9.95. The van der Waals surface area contributed by atoms with Gasteiger partial charge in [0.2, 0.25) is 0 Å². The third-order valence-electron chi connectivity index (χ3n) is 4.90. The van der Waals surface area contributed by atoms with E-state index in [0.29, 0.717) is 19.6 Å². The van der Waals surface area contributed by atoms with Crippen LogP contribution in [0.4, 0.5) is 0 Å². The molecule has 21 heavy (non-hydrogen) atoms. The molecular weight excluding hydrogens is 286 g/mol. The third kappa shape index (κ3) is 4.18. The Labute approximate surface area is 130 Å². The van der Waals surface area contributed by atoms with Gasteiger partial charge < -0.3 is 5.73 Å². The number of nitrogens with two attached hydrogens (primary N) is 1. The normalized spacial score (nSPS) is 26.3. The zero-order valence-corrected chi connectivity index (χ0v) is 14.2. The first-order chi connectivity index (χ1) is 10.1. The van der Waals surface area contributed by atoms with Gasteiger partial charge >= 0.3 is 0 Å². The summed E-state index contributed by atoms with van der Waals surface area (Å²) >= 11 is 0. The molecule has 0 radical (unpaired) electrons. The van der Waals surface area contributed by atoms with E-state index < -0.39 is 10.2 Å². The smallest absolute Gasteiger partial charge is 0.282 e. The average molecular weight is 317 g/mol. The average Bonchev–Trinajstić information content (AvgIpc) is 2.49. The van der Waals surface area contributed by atoms with Gasteiger partial charge in [-0.1, -0.05) is 25.7 Å². The predicted molar refractivity (Wildman–Crippen MR) is 86.2 cm³/mol. The number of hydrogen-bond acceptors (Lipinski definition) is 3. The molecule has 0 spiro atoms. The molecule has 2 aliphatic rings. The maximum Gasteiger partial charge on any atom is 0.282 e. The van der Waals surface area contributed by atoms with E-state index in [4.69, 9.17) is 5.73 Å². The Morgan fingerprint density at radius 2 is 1.76 bits per heavy atom. The Bertz CT molecular complexity index is 407. The van der Waals surface area contributed by atoms with Crippen molar-refractivity contribution in [3.8, 4) is 0 Å². The number of rotatable bonds is 6. The molecule has 0 aromatic rings. The SMILES string of the molecule is CC1CCCCN1S(=O)(=O)N(CCCN)C1CCCCC1. The molecule has 0 aromatic carbocycles. The molecule has 1 heterocycles. The summed E-state index contributed by atoms with van der Waals surface area (Å²) in [6, 6.07) is 0.317. The summed E-state index contributed by atoms with van der Waals surface area (Å²) in [5.74, 6) is 0. The largest absolute Gasteiger partial charge is 0.330 e. The van der Waals surface area contributed by atoms with Crippen molar-refractivity contribution in [3.63, 3.8) is 0 Å². The van der Waals surface area contributed by atoms with Crippen molar-refractivity contribution in [2.45, 2.75) is 76.8 Å². The molecular formula is C15H31N3O2S. The minimum atomic E-state index is -3.33. The van der Waals surface area contributed by atoms with Crippen molar-refractivity contribution in [2.75, 3.05) is 19.6 Å². The lowest BCUT2D eigenvalue weighted by Gasteiger charge is -2.40. The quantitative estimate of drug-likeness (QED) is 0.815. The second-order valence-electron chi connectivity index (χ2n) is 6.51. The van der Waals surface area contributed by atoms with Crippen LogP contribution in [0.2, 0.25) is 0 Å². The van der Waals surface area contributed by atoms with Crippen LogP contribution in [0.3, 0.4) is 0 Å². The van der Waals surface area contributed by atoms with Crippen molar-refractivity contribution in [2.24, 2.45) is 5.73 Å². The van der Waals surface area contributed by atoms with Gasteiger partial charge in [0.15, 0.2) is 0 Å². The van der Waals surface area contributed by atoms with E-state index in [-0.39, 0.29) is 12.1 Å². The van der Waals surface area contributed by atoms with Crippen molar-refractivity contribution in [3.05, 3.63) is 0 Å². The van der Waals surface area contributed by atoms with Crippen LogP contribution in [-0.2, 0) is 10.2 Å². The lowest BCUT2D eigenvalue weighted by atomic mass is 9.95. The summed E-state index contributed by atoms with van der Waals surface area (Å²) in [4.78, 5) is 0. The fraction of sp³-hybridized carbons (Fsp3) is 1.00. The highest BCUT2D eigenvalue weighted by atomic mass is 32.2. The summed E-state index contributed by atoms with van der Waals surface area (Å²) in [7, 11) is -3.33. The van der Waals surface area contributed by atoms with Gasteiger partial charge in [0.05, 0.1) is 0 Å². The lowest BCUT2D eigenvalue weighted by molar-refractivity contribution is 0.204. The molecule has 1 unspecified atom stereocenters. The van der Waals surface area contributed by atoms with Crippen molar-refractivity contribution in [1.82, 2.24) is 8.61 Å². The van der Waals surface area contributed by atoms with E-state index in [1.807, 2.05) is 6.92 Å². The first kappa shape index (κ1) is 17.2. The lowest BCUT2D eigenvalue weighted by Crippen LogP contribution is -2.53. The molecule has 1 aliphatic carbocycles. The highest BCUT2D eigenvalue weighted by molar-refractivity contribution is 7.86. The predicted octanol–water partition coefficient (Wildman–Crippen LogP) is 2.09. The molecule has 6 heteroatoms. The summed E-state index contributed by atoms with van der Waals surface area (Å²) < 4.78 is 29.7. The van der Waals surface area contributed by atoms with Gasteiger partial charge in [-0.3, -0.25) is 0 Å². The van der Waals surface area contributed by atoms with Gasteiger partial charge in [-0.2, -0.15) is 17.0 Å². The fourth-order valence-electron chi connectivity index (χ4n) is 3.65. The topological polar surface area (TPSA) is 66.6 Å². The van der Waals surface area contributed by atoms with E-state index in [2.05, 4.69) is 0 Å². The Morgan fingerprint density at radius 3 is 2.38 bits per heavy atom. The van der Waals surface area contributed by atoms with E-state index in [1.54, 1.807) is 8.61 Å². The molecule has 1 atom stereocenters. The minimum absolute atomic E-state index is 0.132. The van der Waals surface area contributed by atoms with Crippen LogP contribution in [0.25, 0.3) is 0 Å². The molecule has 1 saturated heterocycles. The Balaban J connectivity index is 2.16. The third-order valence-corrected chi connectivity index (χ3v) is 7.11. The molecule has 5 nitrogen and oxygen atoms in total. The number of nitrogens with zero attached hydrogens (tertiary/aromatic N) is 2. The fourth-order valence-corrected chi connectivity index (χ4v) is 5.79. The van der Waals surface area contributed by atoms with Crippen molar-refractivity contribution in [1.29, 1.82) is 0 Å². The molecule has 0 aromatic heterocycles. The van der Waals surface area contributed by atoms with Gasteiger partial charge in [-0.25, -0.2) is 0 Å². The van der Waals surface area contributed by atoms with Gasteiger partial charge in [0.25, 0.3) is 10.2 Å². The van der Waals surface area contributed by atoms with Crippen LogP contribution in [0, 0.1) is 0 Å². The maximum absolute atomic E-state index is 13.1. The van der Waals surface area contributed by atoms with Crippen LogP contribution in [-0.4, -0.2) is 48.7 Å². The standard InChI is InChI=1S/C15H31N3O2S/c1-14-8-5-6-12-17(14)21(19,20)18(13-7-11-16)15-9-3-2-4-10-15/h14-15H,2-13,16H2,1H3. The summed E-state index contributed by atoms with van der Waals surface area (Å²) in [6.07, 6.45) is 9.40. The number of piperidine rings is 1. The highest BCUT2D eigenvalue weighted by Gasteiger charge is 2.38. The second-order valence-corrected chi connectivity index (χ2v) is 8.34. The zero-order chi connectivity index (χ0) is 15.3. The van der Waals surface area contributed by atoms with E-state index in [9.17, 15) is 8.42 Å². The van der Waals surface area contributed by atoms with Crippen LogP contribution in [0.1, 0.15) is 64.7 Å². The van der Waals surface area contributed by atoms with Gasteiger partial charge in [-0.05, 0) is 45.6 Å². The molecule has 1 saturated carbocycles. The molecule has 2 fully saturated rings. The van der Waals surface area contributed by atoms with E-state index >= 15 is 0 Å². The zero-order valence-electron chi connectivity index (χ0n) is 13.3. The molecule has 124 valence electrons.